The van der Waals surface area contributed by atoms with Gasteiger partial charge in [0.05, 0.1) is 17.3 Å². The van der Waals surface area contributed by atoms with Crippen molar-refractivity contribution in [3.05, 3.63) is 46.5 Å². The number of rotatable bonds is 4. The fourth-order valence-electron chi connectivity index (χ4n) is 1.20. The molecule has 84 valence electrons. The minimum atomic E-state index is 0.446. The van der Waals surface area contributed by atoms with Crippen molar-refractivity contribution in [1.82, 2.24) is 4.98 Å². The topological polar surface area (TPSA) is 52.0 Å². The summed E-state index contributed by atoms with van der Waals surface area (Å²) in [6.45, 7) is 0.446. The predicted octanol–water partition coefficient (Wildman–Crippen LogP) is 3.19. The molecule has 0 saturated carbocycles. The van der Waals surface area contributed by atoms with Crippen LogP contribution < -0.4 is 5.73 Å². The highest BCUT2D eigenvalue weighted by Crippen LogP contribution is 2.22. The molecule has 0 atom stereocenters. The van der Waals surface area contributed by atoms with Crippen LogP contribution in [0.5, 0.6) is 0 Å². The summed E-state index contributed by atoms with van der Waals surface area (Å²) in [7, 11) is 0. The molecule has 0 saturated heterocycles. The Balaban J connectivity index is 1.94. The van der Waals surface area contributed by atoms with E-state index in [9.17, 15) is 0 Å². The Morgan fingerprint density at radius 2 is 2.06 bits per heavy atom. The first-order valence-corrected chi connectivity index (χ1v) is 6.58. The van der Waals surface area contributed by atoms with Crippen molar-refractivity contribution in [2.24, 2.45) is 5.73 Å². The number of nitrogens with zero attached hydrogens (tertiary/aromatic N) is 1. The zero-order valence-corrected chi connectivity index (χ0v) is 10.9. The maximum Gasteiger partial charge on any atom is 0.117 e. The van der Waals surface area contributed by atoms with Gasteiger partial charge in [0.25, 0.3) is 0 Å². The molecule has 0 aliphatic carbocycles. The second kappa shape index (κ2) is 5.52. The molecule has 16 heavy (non-hydrogen) atoms. The van der Waals surface area contributed by atoms with E-state index in [0.717, 1.165) is 26.8 Å². The van der Waals surface area contributed by atoms with E-state index in [0.29, 0.717) is 6.54 Å². The Labute approximate surface area is 107 Å². The SMILES string of the molecule is NCc1ccc(CSc2ccc(Br)cn2)o1. The zero-order chi connectivity index (χ0) is 11.4. The number of furan rings is 1. The van der Waals surface area contributed by atoms with Crippen molar-refractivity contribution < 1.29 is 4.42 Å². The lowest BCUT2D eigenvalue weighted by Gasteiger charge is -1.98. The Morgan fingerprint density at radius 1 is 1.25 bits per heavy atom. The van der Waals surface area contributed by atoms with Crippen LogP contribution in [0, 0.1) is 0 Å². The quantitative estimate of drug-likeness (QED) is 0.881. The van der Waals surface area contributed by atoms with E-state index in [4.69, 9.17) is 10.2 Å². The summed E-state index contributed by atoms with van der Waals surface area (Å²) in [4.78, 5) is 4.27. The second-order valence-corrected chi connectivity index (χ2v) is 5.09. The molecule has 0 aromatic carbocycles. The normalized spacial score (nSPS) is 10.6. The zero-order valence-electron chi connectivity index (χ0n) is 8.52. The van der Waals surface area contributed by atoms with Crippen LogP contribution in [0.15, 0.2) is 44.4 Å². The van der Waals surface area contributed by atoms with Gasteiger partial charge in [-0.2, -0.15) is 0 Å². The van der Waals surface area contributed by atoms with Gasteiger partial charge in [0.1, 0.15) is 11.5 Å². The molecule has 3 nitrogen and oxygen atoms in total. The van der Waals surface area contributed by atoms with Gasteiger partial charge < -0.3 is 10.2 Å². The molecule has 0 fully saturated rings. The predicted molar refractivity (Wildman–Crippen MR) is 68.1 cm³/mol. The van der Waals surface area contributed by atoms with Crippen LogP contribution in [-0.2, 0) is 12.3 Å². The van der Waals surface area contributed by atoms with E-state index in [1.54, 1.807) is 18.0 Å². The highest BCUT2D eigenvalue weighted by molar-refractivity contribution is 9.10. The number of hydrogen-bond acceptors (Lipinski definition) is 4. The van der Waals surface area contributed by atoms with Crippen molar-refractivity contribution in [2.45, 2.75) is 17.3 Å². The second-order valence-electron chi connectivity index (χ2n) is 3.18. The standard InChI is InChI=1S/C11H11BrN2OS/c12-8-1-4-11(14-6-8)16-7-10-3-2-9(5-13)15-10/h1-4,6H,5,7,13H2. The first-order valence-electron chi connectivity index (χ1n) is 4.80. The number of halogens is 1. The Kier molecular flexibility index (Phi) is 4.04. The summed E-state index contributed by atoms with van der Waals surface area (Å²) in [6, 6.07) is 7.81. The molecule has 0 bridgehead atoms. The van der Waals surface area contributed by atoms with Crippen LogP contribution in [0.25, 0.3) is 0 Å². The average molecular weight is 299 g/mol. The Hall–Kier alpha value is -0.780. The van der Waals surface area contributed by atoms with Gasteiger partial charge in [-0.15, -0.1) is 0 Å². The summed E-state index contributed by atoms with van der Waals surface area (Å²) in [6.07, 6.45) is 1.79. The van der Waals surface area contributed by atoms with Crippen molar-refractivity contribution in [3.8, 4) is 0 Å². The van der Waals surface area contributed by atoms with Gasteiger partial charge in [-0.3, -0.25) is 0 Å². The minimum absolute atomic E-state index is 0.446. The molecule has 2 heterocycles. The molecule has 0 amide bonds. The number of pyridine rings is 1. The van der Waals surface area contributed by atoms with Crippen LogP contribution in [0.1, 0.15) is 11.5 Å². The fraction of sp³-hybridized carbons (Fsp3) is 0.182. The maximum absolute atomic E-state index is 5.50. The highest BCUT2D eigenvalue weighted by atomic mass is 79.9. The van der Waals surface area contributed by atoms with Crippen molar-refractivity contribution in [3.63, 3.8) is 0 Å². The lowest BCUT2D eigenvalue weighted by Crippen LogP contribution is -1.92. The van der Waals surface area contributed by atoms with Crippen LogP contribution in [-0.4, -0.2) is 4.98 Å². The van der Waals surface area contributed by atoms with Crippen molar-refractivity contribution in [1.29, 1.82) is 0 Å². The smallest absolute Gasteiger partial charge is 0.117 e. The van der Waals surface area contributed by atoms with Crippen LogP contribution in [0.3, 0.4) is 0 Å². The minimum Gasteiger partial charge on any atom is -0.464 e. The summed E-state index contributed by atoms with van der Waals surface area (Å²) >= 11 is 4.99. The lowest BCUT2D eigenvalue weighted by atomic mass is 10.4. The molecular formula is C11H11BrN2OS. The molecule has 0 aliphatic rings. The lowest BCUT2D eigenvalue weighted by molar-refractivity contribution is 0.482. The molecule has 0 radical (unpaired) electrons. The van der Waals surface area contributed by atoms with Crippen molar-refractivity contribution in [2.75, 3.05) is 0 Å². The molecule has 0 aliphatic heterocycles. The maximum atomic E-state index is 5.50. The number of nitrogens with two attached hydrogens (primary N) is 1. The van der Waals surface area contributed by atoms with Gasteiger partial charge in [-0.25, -0.2) is 4.98 Å². The Bertz CT molecular complexity index is 455. The molecule has 0 spiro atoms. The third-order valence-electron chi connectivity index (χ3n) is 1.98. The third-order valence-corrected chi connectivity index (χ3v) is 3.42. The average Bonchev–Trinajstić information content (AvgIpc) is 2.76. The van der Waals surface area contributed by atoms with E-state index < -0.39 is 0 Å². The number of thioether (sulfide) groups is 1. The van der Waals surface area contributed by atoms with Gasteiger partial charge in [0.15, 0.2) is 0 Å². The van der Waals surface area contributed by atoms with Crippen molar-refractivity contribution >= 4 is 27.7 Å². The number of hydrogen-bond donors (Lipinski definition) is 1. The molecular weight excluding hydrogens is 288 g/mol. The fourth-order valence-corrected chi connectivity index (χ4v) is 2.17. The first kappa shape index (κ1) is 11.7. The molecule has 2 aromatic heterocycles. The molecule has 5 heteroatoms. The van der Waals surface area contributed by atoms with E-state index >= 15 is 0 Å². The number of aromatic nitrogens is 1. The van der Waals surface area contributed by atoms with Gasteiger partial charge in [-0.05, 0) is 40.2 Å². The molecule has 0 unspecified atom stereocenters. The van der Waals surface area contributed by atoms with E-state index in [2.05, 4.69) is 20.9 Å². The summed E-state index contributed by atoms with van der Waals surface area (Å²) < 4.78 is 6.48. The van der Waals surface area contributed by atoms with Gasteiger partial charge >= 0.3 is 0 Å². The third kappa shape index (κ3) is 3.10. The Morgan fingerprint density at radius 3 is 2.69 bits per heavy atom. The van der Waals surface area contributed by atoms with Gasteiger partial charge in [-0.1, -0.05) is 11.8 Å². The van der Waals surface area contributed by atoms with Crippen LogP contribution in [0.2, 0.25) is 0 Å². The summed E-state index contributed by atoms with van der Waals surface area (Å²) in [5.41, 5.74) is 5.47. The molecule has 2 N–H and O–H groups in total. The first-order chi connectivity index (χ1) is 7.78. The van der Waals surface area contributed by atoms with E-state index in [1.807, 2.05) is 24.3 Å². The molecule has 2 aromatic rings. The van der Waals surface area contributed by atoms with Crippen LogP contribution >= 0.6 is 27.7 Å². The van der Waals surface area contributed by atoms with Gasteiger partial charge in [0.2, 0.25) is 0 Å². The summed E-state index contributed by atoms with van der Waals surface area (Å²) in [5.74, 6) is 2.52. The largest absolute Gasteiger partial charge is 0.464 e. The van der Waals surface area contributed by atoms with Gasteiger partial charge in [0, 0.05) is 10.7 Å². The summed E-state index contributed by atoms with van der Waals surface area (Å²) in [5, 5.41) is 0.980. The van der Waals surface area contributed by atoms with E-state index in [1.165, 1.54) is 0 Å². The highest BCUT2D eigenvalue weighted by Gasteiger charge is 2.02. The van der Waals surface area contributed by atoms with Crippen LogP contribution in [0.4, 0.5) is 0 Å². The van der Waals surface area contributed by atoms with E-state index in [-0.39, 0.29) is 0 Å². The molecule has 2 rings (SSSR count). The monoisotopic (exact) mass is 298 g/mol.